The van der Waals surface area contributed by atoms with Crippen LogP contribution >= 0.6 is 0 Å². The van der Waals surface area contributed by atoms with Crippen LogP contribution in [-0.4, -0.2) is 23.7 Å². The normalized spacial score (nSPS) is 20.3. The summed E-state index contributed by atoms with van der Waals surface area (Å²) >= 11 is 0. The highest BCUT2D eigenvalue weighted by molar-refractivity contribution is 5.76. The molecule has 2 atom stereocenters. The lowest BCUT2D eigenvalue weighted by atomic mass is 9.89. The molecule has 0 saturated carbocycles. The highest BCUT2D eigenvalue weighted by Gasteiger charge is 2.32. The van der Waals surface area contributed by atoms with E-state index in [2.05, 4.69) is 5.32 Å². The molecule has 130 valence electrons. The molecule has 0 saturated heterocycles. The van der Waals surface area contributed by atoms with E-state index in [0.717, 1.165) is 5.56 Å². The molecule has 1 amide bonds. The molecule has 5 heteroatoms. The number of rotatable bonds is 4. The second-order valence-corrected chi connectivity index (χ2v) is 6.90. The fraction of sp³-hybridized carbons (Fsp3) is 0.474. The number of hydrogen-bond acceptors (Lipinski definition) is 4. The number of carbonyl (C=O) groups is 2. The Morgan fingerprint density at radius 1 is 1.12 bits per heavy atom. The predicted molar refractivity (Wildman–Crippen MR) is 91.3 cm³/mol. The van der Waals surface area contributed by atoms with Gasteiger partial charge in [0.1, 0.15) is 12.2 Å². The van der Waals surface area contributed by atoms with Crippen LogP contribution in [0.25, 0.3) is 0 Å². The first kappa shape index (κ1) is 18.0. The second kappa shape index (κ2) is 7.99. The topological polar surface area (TPSA) is 64.6 Å². The summed E-state index contributed by atoms with van der Waals surface area (Å²) in [4.78, 5) is 24.4. The van der Waals surface area contributed by atoms with Crippen molar-refractivity contribution in [1.82, 2.24) is 5.32 Å². The largest absolute Gasteiger partial charge is 0.461 e. The number of amides is 1. The minimum atomic E-state index is -0.572. The zero-order valence-electron chi connectivity index (χ0n) is 14.5. The number of ether oxygens (including phenoxy) is 2. The molecule has 1 aliphatic rings. The molecule has 0 bridgehead atoms. The Morgan fingerprint density at radius 2 is 1.79 bits per heavy atom. The molecule has 1 aromatic carbocycles. The molecule has 24 heavy (non-hydrogen) atoms. The van der Waals surface area contributed by atoms with Crippen LogP contribution in [0.1, 0.15) is 39.2 Å². The van der Waals surface area contributed by atoms with Crippen LogP contribution in [-0.2, 0) is 20.9 Å². The fourth-order valence-corrected chi connectivity index (χ4v) is 2.53. The van der Waals surface area contributed by atoms with Gasteiger partial charge in [0.2, 0.25) is 0 Å². The van der Waals surface area contributed by atoms with Gasteiger partial charge < -0.3 is 14.8 Å². The van der Waals surface area contributed by atoms with E-state index in [1.807, 2.05) is 42.5 Å². The minimum absolute atomic E-state index is 0.235. The van der Waals surface area contributed by atoms with Crippen molar-refractivity contribution in [3.05, 3.63) is 48.0 Å². The summed E-state index contributed by atoms with van der Waals surface area (Å²) in [5.74, 6) is -0.699. The smallest absolute Gasteiger partial charge is 0.407 e. The lowest BCUT2D eigenvalue weighted by Gasteiger charge is -2.29. The fourth-order valence-electron chi connectivity index (χ4n) is 2.53. The number of benzene rings is 1. The van der Waals surface area contributed by atoms with Crippen LogP contribution in [0, 0.1) is 5.92 Å². The number of esters is 1. The summed E-state index contributed by atoms with van der Waals surface area (Å²) in [6.07, 6.45) is 4.53. The maximum Gasteiger partial charge on any atom is 0.407 e. The molecule has 0 spiro atoms. The quantitative estimate of drug-likeness (QED) is 0.676. The van der Waals surface area contributed by atoms with Gasteiger partial charge in [-0.3, -0.25) is 4.79 Å². The van der Waals surface area contributed by atoms with Crippen LogP contribution in [0.15, 0.2) is 42.5 Å². The van der Waals surface area contributed by atoms with E-state index in [0.29, 0.717) is 12.8 Å². The molecule has 0 fully saturated rings. The van der Waals surface area contributed by atoms with E-state index < -0.39 is 17.6 Å². The van der Waals surface area contributed by atoms with Crippen LogP contribution in [0.5, 0.6) is 0 Å². The van der Waals surface area contributed by atoms with Gasteiger partial charge in [-0.1, -0.05) is 42.5 Å². The maximum absolute atomic E-state index is 12.4. The Bertz CT molecular complexity index is 589. The highest BCUT2D eigenvalue weighted by Crippen LogP contribution is 2.22. The molecule has 5 nitrogen and oxygen atoms in total. The first-order chi connectivity index (χ1) is 11.3. The Labute approximate surface area is 143 Å². The van der Waals surface area contributed by atoms with Crippen molar-refractivity contribution >= 4 is 12.1 Å². The first-order valence-corrected chi connectivity index (χ1v) is 8.20. The van der Waals surface area contributed by atoms with Crippen molar-refractivity contribution in [2.45, 2.75) is 51.9 Å². The van der Waals surface area contributed by atoms with E-state index in [-0.39, 0.29) is 18.6 Å². The van der Waals surface area contributed by atoms with Gasteiger partial charge in [-0.05, 0) is 39.2 Å². The summed E-state index contributed by atoms with van der Waals surface area (Å²) in [5, 5.41) is 2.79. The SMILES string of the molecule is CC(C)(C)OC(=O)N[C@H]1CC=CC[C@@H]1C(=O)OCc1ccccc1. The predicted octanol–water partition coefficient (Wildman–Crippen LogP) is 3.59. The second-order valence-electron chi connectivity index (χ2n) is 6.90. The Morgan fingerprint density at radius 3 is 2.46 bits per heavy atom. The lowest BCUT2D eigenvalue weighted by molar-refractivity contribution is -0.151. The molecule has 1 aliphatic carbocycles. The van der Waals surface area contributed by atoms with Gasteiger partial charge in [-0.15, -0.1) is 0 Å². The zero-order valence-corrected chi connectivity index (χ0v) is 14.5. The van der Waals surface area contributed by atoms with Crippen LogP contribution < -0.4 is 5.32 Å². The Kier molecular flexibility index (Phi) is 6.01. The summed E-state index contributed by atoms with van der Waals surface area (Å²) in [7, 11) is 0. The third-order valence-electron chi connectivity index (χ3n) is 3.66. The molecule has 0 aliphatic heterocycles. The van der Waals surface area contributed by atoms with Crippen molar-refractivity contribution in [1.29, 1.82) is 0 Å². The summed E-state index contributed by atoms with van der Waals surface area (Å²) < 4.78 is 10.7. The summed E-state index contributed by atoms with van der Waals surface area (Å²) in [5.41, 5.74) is 0.367. The zero-order chi connectivity index (χ0) is 17.6. The lowest BCUT2D eigenvalue weighted by Crippen LogP contribution is -2.46. The van der Waals surface area contributed by atoms with Crippen molar-refractivity contribution in [3.8, 4) is 0 Å². The van der Waals surface area contributed by atoms with Gasteiger partial charge in [0.25, 0.3) is 0 Å². The molecule has 1 aromatic rings. The highest BCUT2D eigenvalue weighted by atomic mass is 16.6. The van der Waals surface area contributed by atoms with E-state index in [1.165, 1.54) is 0 Å². The molecule has 0 aromatic heterocycles. The molecule has 1 N–H and O–H groups in total. The maximum atomic E-state index is 12.4. The average Bonchev–Trinajstić information content (AvgIpc) is 2.52. The number of nitrogens with one attached hydrogen (secondary N) is 1. The number of allylic oxidation sites excluding steroid dienone is 1. The molecule has 0 heterocycles. The minimum Gasteiger partial charge on any atom is -0.461 e. The summed E-state index contributed by atoms with van der Waals surface area (Å²) in [6, 6.07) is 9.22. The third-order valence-corrected chi connectivity index (χ3v) is 3.66. The standard InChI is InChI=1S/C19H25NO4/c1-19(2,3)24-18(22)20-16-12-8-7-11-15(16)17(21)23-13-14-9-5-4-6-10-14/h4-10,15-16H,11-13H2,1-3H3,(H,20,22)/t15-,16-/m0/s1. The van der Waals surface area contributed by atoms with Gasteiger partial charge in [-0.2, -0.15) is 0 Å². The monoisotopic (exact) mass is 331 g/mol. The number of carbonyl (C=O) groups excluding carboxylic acids is 2. The molecule has 0 radical (unpaired) electrons. The van der Waals surface area contributed by atoms with Crippen molar-refractivity contribution in [2.24, 2.45) is 5.92 Å². The van der Waals surface area contributed by atoms with Gasteiger partial charge in [0.15, 0.2) is 0 Å². The van der Waals surface area contributed by atoms with E-state index in [1.54, 1.807) is 20.8 Å². The average molecular weight is 331 g/mol. The first-order valence-electron chi connectivity index (χ1n) is 8.20. The Balaban J connectivity index is 1.92. The molecular formula is C19H25NO4. The van der Waals surface area contributed by atoms with Gasteiger partial charge >= 0.3 is 12.1 Å². The van der Waals surface area contributed by atoms with Crippen LogP contribution in [0.4, 0.5) is 4.79 Å². The van der Waals surface area contributed by atoms with Crippen LogP contribution in [0.2, 0.25) is 0 Å². The van der Waals surface area contributed by atoms with Crippen molar-refractivity contribution in [3.63, 3.8) is 0 Å². The number of hydrogen-bond donors (Lipinski definition) is 1. The van der Waals surface area contributed by atoms with Gasteiger partial charge in [0.05, 0.1) is 5.92 Å². The van der Waals surface area contributed by atoms with Crippen molar-refractivity contribution in [2.75, 3.05) is 0 Å². The summed E-state index contributed by atoms with van der Waals surface area (Å²) in [6.45, 7) is 5.65. The van der Waals surface area contributed by atoms with Crippen LogP contribution in [0.3, 0.4) is 0 Å². The number of alkyl carbamates (subject to hydrolysis) is 1. The molecule has 0 unspecified atom stereocenters. The third kappa shape index (κ3) is 5.72. The Hall–Kier alpha value is -2.30. The van der Waals surface area contributed by atoms with Gasteiger partial charge in [0, 0.05) is 6.04 Å². The molecular weight excluding hydrogens is 306 g/mol. The van der Waals surface area contributed by atoms with E-state index >= 15 is 0 Å². The van der Waals surface area contributed by atoms with E-state index in [4.69, 9.17) is 9.47 Å². The molecule has 2 rings (SSSR count). The van der Waals surface area contributed by atoms with Gasteiger partial charge in [-0.25, -0.2) is 4.79 Å². The van der Waals surface area contributed by atoms with E-state index in [9.17, 15) is 9.59 Å². The van der Waals surface area contributed by atoms with Crippen molar-refractivity contribution < 1.29 is 19.1 Å².